The number of hydrogen-bond acceptors (Lipinski definition) is 1. The first kappa shape index (κ1) is 14.0. The molecule has 1 nitrogen and oxygen atoms in total. The maximum atomic E-state index is 4.12. The van der Waals surface area contributed by atoms with Crippen LogP contribution in [0, 0.1) is 6.92 Å². The molecule has 0 aliphatic rings. The van der Waals surface area contributed by atoms with Crippen LogP contribution in [0.1, 0.15) is 50.3 Å². The summed E-state index contributed by atoms with van der Waals surface area (Å²) in [5.74, 6) is 0. The van der Waals surface area contributed by atoms with Crippen LogP contribution in [0.3, 0.4) is 0 Å². The molecule has 0 aliphatic carbocycles. The van der Waals surface area contributed by atoms with E-state index in [1.54, 1.807) is 0 Å². The van der Waals surface area contributed by atoms with Crippen molar-refractivity contribution in [3.63, 3.8) is 0 Å². The molecule has 0 heterocycles. The van der Waals surface area contributed by atoms with E-state index in [1.165, 1.54) is 23.1 Å². The predicted octanol–water partition coefficient (Wildman–Crippen LogP) is 4.39. The summed E-state index contributed by atoms with van der Waals surface area (Å²) in [5, 5.41) is 3.61. The van der Waals surface area contributed by atoms with E-state index in [4.69, 9.17) is 0 Å². The molecule has 17 heavy (non-hydrogen) atoms. The van der Waals surface area contributed by atoms with Gasteiger partial charge in [0.15, 0.2) is 0 Å². The van der Waals surface area contributed by atoms with Gasteiger partial charge in [0.25, 0.3) is 0 Å². The van der Waals surface area contributed by atoms with Crippen molar-refractivity contribution in [2.75, 3.05) is 6.54 Å². The van der Waals surface area contributed by atoms with E-state index < -0.39 is 0 Å². The van der Waals surface area contributed by atoms with Crippen molar-refractivity contribution in [2.24, 2.45) is 0 Å². The molecule has 1 heteroatoms. The fraction of sp³-hybridized carbons (Fsp3) is 0.500. The van der Waals surface area contributed by atoms with Gasteiger partial charge in [-0.05, 0) is 38.3 Å². The highest BCUT2D eigenvalue weighted by Crippen LogP contribution is 2.22. The summed E-state index contributed by atoms with van der Waals surface area (Å²) in [5.41, 5.74) is 4.01. The van der Waals surface area contributed by atoms with Crippen LogP contribution in [0.15, 0.2) is 36.4 Å². The average molecular weight is 231 g/mol. The minimum atomic E-state index is 0.419. The van der Waals surface area contributed by atoms with Gasteiger partial charge < -0.3 is 5.32 Å². The number of nitrogens with one attached hydrogen (secondary N) is 1. The number of hydrogen-bond donors (Lipinski definition) is 1. The lowest BCUT2D eigenvalue weighted by Crippen LogP contribution is -2.22. The van der Waals surface area contributed by atoms with Crippen molar-refractivity contribution in [3.8, 4) is 0 Å². The fourth-order valence-corrected chi connectivity index (χ4v) is 1.86. The van der Waals surface area contributed by atoms with Gasteiger partial charge in [0.2, 0.25) is 0 Å². The summed E-state index contributed by atoms with van der Waals surface area (Å²) in [6.07, 6.45) is 3.27. The number of benzene rings is 1. The van der Waals surface area contributed by atoms with Crippen molar-refractivity contribution >= 4 is 0 Å². The Bertz CT molecular complexity index is 337. The first-order valence-electron chi connectivity index (χ1n) is 6.64. The van der Waals surface area contributed by atoms with Gasteiger partial charge in [-0.1, -0.05) is 55.8 Å². The molecule has 0 amide bonds. The Morgan fingerprint density at radius 1 is 1.24 bits per heavy atom. The minimum absolute atomic E-state index is 0.419. The van der Waals surface area contributed by atoms with Gasteiger partial charge in [-0.15, -0.1) is 0 Å². The van der Waals surface area contributed by atoms with Crippen LogP contribution in [0.2, 0.25) is 0 Å². The Balaban J connectivity index is 2.74. The van der Waals surface area contributed by atoms with Gasteiger partial charge in [-0.25, -0.2) is 0 Å². The van der Waals surface area contributed by atoms with Crippen molar-refractivity contribution < 1.29 is 0 Å². The molecule has 0 fully saturated rings. The van der Waals surface area contributed by atoms with E-state index in [-0.39, 0.29) is 0 Å². The molecule has 1 N–H and O–H groups in total. The first-order chi connectivity index (χ1) is 8.17. The van der Waals surface area contributed by atoms with Crippen LogP contribution in [0.5, 0.6) is 0 Å². The van der Waals surface area contributed by atoms with Crippen molar-refractivity contribution in [2.45, 2.75) is 46.1 Å². The Kier molecular flexibility index (Phi) is 5.99. The molecule has 0 aliphatic heterocycles. The smallest absolute Gasteiger partial charge is 0.0357 e. The first-order valence-corrected chi connectivity index (χ1v) is 6.64. The molecule has 1 aromatic rings. The summed E-state index contributed by atoms with van der Waals surface area (Å²) < 4.78 is 0. The fourth-order valence-electron chi connectivity index (χ4n) is 1.86. The van der Waals surface area contributed by atoms with E-state index in [0.29, 0.717) is 6.04 Å². The third kappa shape index (κ3) is 4.74. The monoisotopic (exact) mass is 231 g/mol. The van der Waals surface area contributed by atoms with E-state index >= 15 is 0 Å². The Hall–Kier alpha value is -1.08. The van der Waals surface area contributed by atoms with Crippen LogP contribution >= 0.6 is 0 Å². The molecule has 1 atom stereocenters. The van der Waals surface area contributed by atoms with Gasteiger partial charge in [-0.2, -0.15) is 0 Å². The van der Waals surface area contributed by atoms with Gasteiger partial charge >= 0.3 is 0 Å². The van der Waals surface area contributed by atoms with E-state index in [0.717, 1.165) is 19.4 Å². The van der Waals surface area contributed by atoms with Crippen molar-refractivity contribution in [3.05, 3.63) is 47.5 Å². The molecule has 94 valence electrons. The highest BCUT2D eigenvalue weighted by atomic mass is 14.9. The van der Waals surface area contributed by atoms with Crippen molar-refractivity contribution in [1.29, 1.82) is 0 Å². The Morgan fingerprint density at radius 3 is 2.41 bits per heavy atom. The Morgan fingerprint density at radius 2 is 1.88 bits per heavy atom. The quantitative estimate of drug-likeness (QED) is 0.686. The maximum Gasteiger partial charge on any atom is 0.0357 e. The minimum Gasteiger partial charge on any atom is -0.310 e. The largest absolute Gasteiger partial charge is 0.310 e. The molecule has 0 radical (unpaired) electrons. The maximum absolute atomic E-state index is 4.12. The van der Waals surface area contributed by atoms with E-state index in [2.05, 4.69) is 56.9 Å². The molecule has 1 rings (SSSR count). The van der Waals surface area contributed by atoms with Crippen LogP contribution in [0.25, 0.3) is 0 Å². The second kappa shape index (κ2) is 7.29. The van der Waals surface area contributed by atoms with Crippen molar-refractivity contribution in [1.82, 2.24) is 5.32 Å². The van der Waals surface area contributed by atoms with Gasteiger partial charge in [-0.3, -0.25) is 0 Å². The lowest BCUT2D eigenvalue weighted by atomic mass is 9.97. The Labute approximate surface area is 106 Å². The predicted molar refractivity (Wildman–Crippen MR) is 76.3 cm³/mol. The van der Waals surface area contributed by atoms with E-state index in [1.807, 2.05) is 0 Å². The van der Waals surface area contributed by atoms with Gasteiger partial charge in [0.05, 0.1) is 0 Å². The van der Waals surface area contributed by atoms with Crippen LogP contribution in [-0.4, -0.2) is 6.54 Å². The van der Waals surface area contributed by atoms with Gasteiger partial charge in [0, 0.05) is 6.04 Å². The molecule has 0 saturated heterocycles. The van der Waals surface area contributed by atoms with Crippen LogP contribution in [0.4, 0.5) is 0 Å². The lowest BCUT2D eigenvalue weighted by molar-refractivity contribution is 0.523. The highest BCUT2D eigenvalue weighted by Gasteiger charge is 2.11. The molecule has 0 aromatic heterocycles. The summed E-state index contributed by atoms with van der Waals surface area (Å²) in [6, 6.07) is 9.25. The molecule has 1 aromatic carbocycles. The summed E-state index contributed by atoms with van der Waals surface area (Å²) in [6.45, 7) is 11.7. The normalized spacial score (nSPS) is 12.4. The molecule has 0 spiro atoms. The summed E-state index contributed by atoms with van der Waals surface area (Å²) in [4.78, 5) is 0. The SMILES string of the molecule is C=C(CC)CC(NCCC)c1ccc(C)cc1. The molecular weight excluding hydrogens is 206 g/mol. The zero-order valence-electron chi connectivity index (χ0n) is 11.4. The summed E-state index contributed by atoms with van der Waals surface area (Å²) >= 11 is 0. The topological polar surface area (TPSA) is 12.0 Å². The summed E-state index contributed by atoms with van der Waals surface area (Å²) in [7, 11) is 0. The van der Waals surface area contributed by atoms with Gasteiger partial charge in [0.1, 0.15) is 0 Å². The second-order valence-corrected chi connectivity index (χ2v) is 4.73. The molecule has 1 unspecified atom stereocenters. The molecule has 0 bridgehead atoms. The number of aryl methyl sites for hydroxylation is 1. The number of rotatable bonds is 7. The second-order valence-electron chi connectivity index (χ2n) is 4.73. The van der Waals surface area contributed by atoms with Crippen LogP contribution in [-0.2, 0) is 0 Å². The molecular formula is C16H25N. The zero-order chi connectivity index (χ0) is 12.7. The lowest BCUT2D eigenvalue weighted by Gasteiger charge is -2.20. The average Bonchev–Trinajstić information content (AvgIpc) is 2.35. The third-order valence-corrected chi connectivity index (χ3v) is 3.11. The zero-order valence-corrected chi connectivity index (χ0v) is 11.4. The third-order valence-electron chi connectivity index (χ3n) is 3.11. The van der Waals surface area contributed by atoms with Crippen LogP contribution < -0.4 is 5.32 Å². The molecule has 0 saturated carbocycles. The standard InChI is InChI=1S/C16H25N/c1-5-11-17-16(12-13(3)6-2)15-9-7-14(4)8-10-15/h7-10,16-17H,3,5-6,11-12H2,1-2,4H3. The highest BCUT2D eigenvalue weighted by molar-refractivity contribution is 5.25. The van der Waals surface area contributed by atoms with E-state index in [9.17, 15) is 0 Å².